The number of phenolic OH excluding ortho intramolecular Hbond substituents is 1. The normalized spacial score (nSPS) is 12.8. The van der Waals surface area contributed by atoms with Gasteiger partial charge in [-0.15, -0.1) is 0 Å². The van der Waals surface area contributed by atoms with E-state index in [1.807, 2.05) is 5.32 Å². The second-order valence-corrected chi connectivity index (χ2v) is 5.14. The summed E-state index contributed by atoms with van der Waals surface area (Å²) in [7, 11) is 0. The number of rotatable bonds is 4. The van der Waals surface area contributed by atoms with E-state index in [9.17, 15) is 26.7 Å². The summed E-state index contributed by atoms with van der Waals surface area (Å²) in [6.07, 6.45) is -4.65. The fourth-order valence-electron chi connectivity index (χ4n) is 1.97. The van der Waals surface area contributed by atoms with Crippen LogP contribution in [-0.2, 0) is 4.79 Å². The molecule has 4 N–H and O–H groups in total. The average molecular weight is 385 g/mol. The van der Waals surface area contributed by atoms with E-state index in [-0.39, 0.29) is 11.4 Å². The minimum Gasteiger partial charge on any atom is -0.505 e. The lowest BCUT2D eigenvalue weighted by atomic mass is 10.1. The lowest BCUT2D eigenvalue weighted by molar-refractivity contribution is -0.113. The number of anilines is 1. The number of hydrogen-bond donors (Lipinski definition) is 3. The fraction of sp³-hybridized carbons (Fsp3) is 0.0588. The van der Waals surface area contributed by atoms with Crippen LogP contribution < -0.4 is 11.1 Å². The maximum Gasteiger partial charge on any atom is 0.434 e. The van der Waals surface area contributed by atoms with Crippen molar-refractivity contribution < 1.29 is 31.9 Å². The van der Waals surface area contributed by atoms with E-state index in [0.29, 0.717) is 12.3 Å². The zero-order chi connectivity index (χ0) is 20.2. The lowest BCUT2D eigenvalue weighted by Crippen LogP contribution is -2.32. The molecule has 0 aliphatic rings. The molecule has 0 saturated carbocycles. The molecule has 0 saturated heterocycles. The molecule has 142 valence electrons. The van der Waals surface area contributed by atoms with E-state index in [0.717, 1.165) is 36.4 Å². The van der Waals surface area contributed by atoms with Gasteiger partial charge in [0.2, 0.25) is 0 Å². The van der Waals surface area contributed by atoms with Gasteiger partial charge in [0.05, 0.1) is 11.3 Å². The smallest absolute Gasteiger partial charge is 0.434 e. The molecule has 0 aliphatic heterocycles. The number of phenols is 1. The SMILES string of the molecule is N/C=C(/C(=O)Nc1ccc(O)c(F)c1)C(=Nc1ccc(F)cc1)C(F)(F)F. The van der Waals surface area contributed by atoms with Gasteiger partial charge in [-0.2, -0.15) is 13.2 Å². The van der Waals surface area contributed by atoms with Crippen molar-refractivity contribution >= 4 is 23.0 Å². The molecule has 0 bridgehead atoms. The minimum absolute atomic E-state index is 0.210. The molecule has 0 atom stereocenters. The number of nitrogens with zero attached hydrogens (tertiary/aromatic N) is 1. The van der Waals surface area contributed by atoms with Crippen molar-refractivity contribution in [2.24, 2.45) is 10.7 Å². The van der Waals surface area contributed by atoms with Gasteiger partial charge in [0.15, 0.2) is 17.3 Å². The topological polar surface area (TPSA) is 87.7 Å². The molecule has 2 rings (SSSR count). The van der Waals surface area contributed by atoms with Gasteiger partial charge in [0, 0.05) is 18.0 Å². The number of benzene rings is 2. The Kier molecular flexibility index (Phi) is 5.78. The van der Waals surface area contributed by atoms with Crippen molar-refractivity contribution in [2.45, 2.75) is 6.18 Å². The summed E-state index contributed by atoms with van der Waals surface area (Å²) in [5.41, 5.74) is 2.07. The Morgan fingerprint density at radius 1 is 1.11 bits per heavy atom. The van der Waals surface area contributed by atoms with Gasteiger partial charge >= 0.3 is 6.18 Å². The molecule has 0 aliphatic carbocycles. The second kappa shape index (κ2) is 7.85. The van der Waals surface area contributed by atoms with Gasteiger partial charge in [0.1, 0.15) is 5.82 Å². The van der Waals surface area contributed by atoms with Crippen LogP contribution in [0.1, 0.15) is 0 Å². The number of aliphatic imine (C=N–C) groups is 1. The summed E-state index contributed by atoms with van der Waals surface area (Å²) in [5.74, 6) is -3.76. The summed E-state index contributed by atoms with van der Waals surface area (Å²) < 4.78 is 66.3. The Bertz CT molecular complexity index is 906. The second-order valence-electron chi connectivity index (χ2n) is 5.14. The van der Waals surface area contributed by atoms with Crippen molar-refractivity contribution in [2.75, 3.05) is 5.32 Å². The summed E-state index contributed by atoms with van der Waals surface area (Å²) in [6.45, 7) is 0. The van der Waals surface area contributed by atoms with Gasteiger partial charge in [-0.05, 0) is 36.4 Å². The van der Waals surface area contributed by atoms with Crippen molar-refractivity contribution in [1.82, 2.24) is 0 Å². The first-order chi connectivity index (χ1) is 12.6. The summed E-state index contributed by atoms with van der Waals surface area (Å²) in [4.78, 5) is 15.5. The van der Waals surface area contributed by atoms with E-state index in [2.05, 4.69) is 4.99 Å². The summed E-state index contributed by atoms with van der Waals surface area (Å²) >= 11 is 0. The number of carbonyl (C=O) groups is 1. The van der Waals surface area contributed by atoms with Crippen LogP contribution in [0.25, 0.3) is 0 Å². The minimum atomic E-state index is -5.06. The van der Waals surface area contributed by atoms with Gasteiger partial charge in [-0.1, -0.05) is 0 Å². The Labute approximate surface area is 149 Å². The Morgan fingerprint density at radius 3 is 2.26 bits per heavy atom. The highest BCUT2D eigenvalue weighted by atomic mass is 19.4. The zero-order valence-corrected chi connectivity index (χ0v) is 13.4. The van der Waals surface area contributed by atoms with Gasteiger partial charge in [-0.3, -0.25) is 4.79 Å². The first-order valence-electron chi connectivity index (χ1n) is 7.25. The highest BCUT2D eigenvalue weighted by molar-refractivity contribution is 6.27. The van der Waals surface area contributed by atoms with Crippen molar-refractivity contribution in [3.63, 3.8) is 0 Å². The predicted molar refractivity (Wildman–Crippen MR) is 88.5 cm³/mol. The van der Waals surface area contributed by atoms with Crippen molar-refractivity contribution in [1.29, 1.82) is 0 Å². The number of nitrogens with two attached hydrogens (primary N) is 1. The molecule has 2 aromatic rings. The molecule has 0 radical (unpaired) electrons. The Hall–Kier alpha value is -3.43. The number of amides is 1. The van der Waals surface area contributed by atoms with E-state index in [1.54, 1.807) is 0 Å². The van der Waals surface area contributed by atoms with Crippen molar-refractivity contribution in [3.8, 4) is 5.75 Å². The quantitative estimate of drug-likeness (QED) is 0.324. The van der Waals surface area contributed by atoms with Crippen LogP contribution in [-0.4, -0.2) is 22.9 Å². The number of alkyl halides is 3. The molecule has 0 aromatic heterocycles. The van der Waals surface area contributed by atoms with Crippen LogP contribution in [0.2, 0.25) is 0 Å². The van der Waals surface area contributed by atoms with E-state index in [4.69, 9.17) is 10.8 Å². The molecule has 27 heavy (non-hydrogen) atoms. The molecule has 10 heteroatoms. The monoisotopic (exact) mass is 385 g/mol. The molecule has 2 aromatic carbocycles. The maximum atomic E-state index is 13.4. The van der Waals surface area contributed by atoms with Crippen LogP contribution in [0.3, 0.4) is 0 Å². The molecule has 5 nitrogen and oxygen atoms in total. The van der Waals surface area contributed by atoms with Crippen LogP contribution in [0.15, 0.2) is 59.2 Å². The van der Waals surface area contributed by atoms with E-state index >= 15 is 0 Å². The van der Waals surface area contributed by atoms with E-state index in [1.165, 1.54) is 0 Å². The maximum absolute atomic E-state index is 13.4. The molecular weight excluding hydrogens is 373 g/mol. The first kappa shape index (κ1) is 19.9. The van der Waals surface area contributed by atoms with Gasteiger partial charge < -0.3 is 16.2 Å². The first-order valence-corrected chi connectivity index (χ1v) is 7.25. The molecule has 1 amide bonds. The average Bonchev–Trinajstić information content (AvgIpc) is 2.59. The predicted octanol–water partition coefficient (Wildman–Crippen LogP) is 3.79. The lowest BCUT2D eigenvalue weighted by Gasteiger charge is -2.14. The van der Waals surface area contributed by atoms with Crippen LogP contribution >= 0.6 is 0 Å². The number of nitrogens with one attached hydrogen (secondary N) is 1. The Balaban J connectivity index is 2.38. The number of halogens is 5. The number of carbonyl (C=O) groups excluding carboxylic acids is 1. The highest BCUT2D eigenvalue weighted by Crippen LogP contribution is 2.27. The third kappa shape index (κ3) is 5.03. The third-order valence-corrected chi connectivity index (χ3v) is 3.21. The Morgan fingerprint density at radius 2 is 1.74 bits per heavy atom. The fourth-order valence-corrected chi connectivity index (χ4v) is 1.97. The standard InChI is InChI=1S/C17H12F5N3O2/c18-9-1-3-10(4-2-9)24-15(17(20,21)22)12(8-23)16(27)25-11-5-6-14(26)13(19)7-11/h1-8,26H,23H2,(H,25,27)/b12-8+,24-15?. The molecule has 0 spiro atoms. The molecule has 0 unspecified atom stereocenters. The summed E-state index contributed by atoms with van der Waals surface area (Å²) in [6, 6.07) is 6.48. The van der Waals surface area contributed by atoms with Crippen LogP contribution in [0.4, 0.5) is 33.3 Å². The van der Waals surface area contributed by atoms with Gasteiger partial charge in [-0.25, -0.2) is 13.8 Å². The van der Waals surface area contributed by atoms with Crippen molar-refractivity contribution in [3.05, 3.63) is 65.9 Å². The third-order valence-electron chi connectivity index (χ3n) is 3.21. The van der Waals surface area contributed by atoms with Crippen LogP contribution in [0, 0.1) is 11.6 Å². The molecule has 0 fully saturated rings. The van der Waals surface area contributed by atoms with E-state index < -0.39 is 40.8 Å². The molecule has 0 heterocycles. The van der Waals surface area contributed by atoms with Gasteiger partial charge in [0.25, 0.3) is 5.91 Å². The number of hydrogen-bond acceptors (Lipinski definition) is 4. The number of aromatic hydroxyl groups is 1. The zero-order valence-electron chi connectivity index (χ0n) is 13.4. The van der Waals surface area contributed by atoms with Crippen LogP contribution in [0.5, 0.6) is 5.75 Å². The summed E-state index contributed by atoms with van der Waals surface area (Å²) in [5, 5.41) is 11.1. The molecular formula is C17H12F5N3O2. The largest absolute Gasteiger partial charge is 0.505 e. The highest BCUT2D eigenvalue weighted by Gasteiger charge is 2.40.